The fourth-order valence-electron chi connectivity index (χ4n) is 1.13. The summed E-state index contributed by atoms with van der Waals surface area (Å²) in [4.78, 5) is 0. The summed E-state index contributed by atoms with van der Waals surface area (Å²) in [6, 6.07) is 0.196. The molecule has 0 aliphatic carbocycles. The average Bonchev–Trinajstić information content (AvgIpc) is 1.86. The highest BCUT2D eigenvalue weighted by molar-refractivity contribution is 7.86. The van der Waals surface area contributed by atoms with Crippen molar-refractivity contribution in [2.45, 2.75) is 13.0 Å². The minimum Gasteiger partial charge on any atom is -0.312 e. The summed E-state index contributed by atoms with van der Waals surface area (Å²) in [5, 5.41) is 8.07. The molecule has 1 aliphatic heterocycles. The molecule has 0 aromatic rings. The molecule has 0 saturated carbocycles. The topological polar surface area (TPSA) is 75.4 Å². The van der Waals surface area contributed by atoms with Gasteiger partial charge in [-0.2, -0.15) is 12.7 Å². The lowest BCUT2D eigenvalue weighted by atomic mass is 10.3. The molecule has 0 unspecified atom stereocenters. The fraction of sp³-hybridized carbons (Fsp3) is 1.00. The normalized spacial score (nSPS) is 26.3. The average molecular weight is 216 g/mol. The molecule has 1 fully saturated rings. The molecule has 0 radical (unpaired) electrons. The quantitative estimate of drug-likeness (QED) is 0.584. The first kappa shape index (κ1) is 12.1. The summed E-state index contributed by atoms with van der Waals surface area (Å²) in [5.41, 5.74) is 0. The Morgan fingerprint density at radius 3 is 2.50 bits per heavy atom. The molecule has 1 heterocycles. The second kappa shape index (κ2) is 4.38. The van der Waals surface area contributed by atoms with E-state index < -0.39 is 10.2 Å². The monoisotopic (exact) mass is 215 g/mol. The molecule has 7 heteroatoms. The van der Waals surface area contributed by atoms with Crippen molar-refractivity contribution in [1.82, 2.24) is 9.62 Å². The van der Waals surface area contributed by atoms with Crippen LogP contribution < -0.4 is 10.5 Å². The van der Waals surface area contributed by atoms with Gasteiger partial charge in [-0.15, -0.1) is 12.4 Å². The number of halogens is 1. The van der Waals surface area contributed by atoms with Gasteiger partial charge in [-0.05, 0) is 6.92 Å². The van der Waals surface area contributed by atoms with Gasteiger partial charge in [0.25, 0.3) is 10.2 Å². The zero-order valence-corrected chi connectivity index (χ0v) is 8.49. The molecule has 74 valence electrons. The van der Waals surface area contributed by atoms with Crippen molar-refractivity contribution in [1.29, 1.82) is 0 Å². The molecule has 3 N–H and O–H groups in total. The van der Waals surface area contributed by atoms with E-state index in [1.165, 1.54) is 4.31 Å². The molecule has 0 spiro atoms. The minimum absolute atomic E-state index is 0. The number of nitrogens with zero attached hydrogens (tertiary/aromatic N) is 1. The van der Waals surface area contributed by atoms with E-state index in [-0.39, 0.29) is 18.4 Å². The van der Waals surface area contributed by atoms with Crippen LogP contribution in [0.3, 0.4) is 0 Å². The standard InChI is InChI=1S/C5H13N3O2S.ClH/c1-5-4-8(3-2-7-5)11(6,9)10;/h5,7H,2-4H2,1H3,(H2,6,9,10);1H/t5-;/m0./s1. The number of hydrogen-bond donors (Lipinski definition) is 2. The summed E-state index contributed by atoms with van der Waals surface area (Å²) in [7, 11) is -3.47. The first-order chi connectivity index (χ1) is 5.00. The van der Waals surface area contributed by atoms with Crippen molar-refractivity contribution in [3.8, 4) is 0 Å². The van der Waals surface area contributed by atoms with Gasteiger partial charge >= 0.3 is 0 Å². The first-order valence-corrected chi connectivity index (χ1v) is 5.02. The third kappa shape index (κ3) is 3.24. The van der Waals surface area contributed by atoms with Gasteiger partial charge in [0.2, 0.25) is 0 Å². The zero-order valence-electron chi connectivity index (χ0n) is 6.86. The van der Waals surface area contributed by atoms with E-state index in [0.29, 0.717) is 19.6 Å². The van der Waals surface area contributed by atoms with Crippen LogP contribution in [0.25, 0.3) is 0 Å². The van der Waals surface area contributed by atoms with Gasteiger partial charge in [0.15, 0.2) is 0 Å². The lowest BCUT2D eigenvalue weighted by Gasteiger charge is -2.29. The lowest BCUT2D eigenvalue weighted by molar-refractivity contribution is 0.310. The fourth-order valence-corrected chi connectivity index (χ4v) is 1.91. The Hall–Kier alpha value is 0.120. The third-order valence-corrected chi connectivity index (χ3v) is 2.74. The number of hydrogen-bond acceptors (Lipinski definition) is 3. The van der Waals surface area contributed by atoms with E-state index in [1.807, 2.05) is 6.92 Å². The second-order valence-corrected chi connectivity index (χ2v) is 4.30. The van der Waals surface area contributed by atoms with Crippen molar-refractivity contribution in [3.63, 3.8) is 0 Å². The number of nitrogens with one attached hydrogen (secondary N) is 1. The van der Waals surface area contributed by atoms with Gasteiger partial charge in [-0.25, -0.2) is 5.14 Å². The lowest BCUT2D eigenvalue weighted by Crippen LogP contribution is -2.53. The molecular formula is C5H14ClN3O2S. The van der Waals surface area contributed by atoms with Crippen LogP contribution in [0.15, 0.2) is 0 Å². The Morgan fingerprint density at radius 1 is 1.58 bits per heavy atom. The highest BCUT2D eigenvalue weighted by Crippen LogP contribution is 2.00. The SMILES string of the molecule is C[C@H]1CN(S(N)(=O)=O)CCN1.Cl. The van der Waals surface area contributed by atoms with Crippen LogP contribution >= 0.6 is 12.4 Å². The smallest absolute Gasteiger partial charge is 0.276 e. The first-order valence-electron chi connectivity index (χ1n) is 3.51. The molecule has 5 nitrogen and oxygen atoms in total. The van der Waals surface area contributed by atoms with Crippen LogP contribution in [0, 0.1) is 0 Å². The molecule has 0 bridgehead atoms. The van der Waals surface area contributed by atoms with Crippen LogP contribution in [0.5, 0.6) is 0 Å². The Kier molecular flexibility index (Phi) is 4.43. The summed E-state index contributed by atoms with van der Waals surface area (Å²) in [6.07, 6.45) is 0. The Bertz CT molecular complexity index is 231. The van der Waals surface area contributed by atoms with E-state index in [4.69, 9.17) is 5.14 Å². The maximum Gasteiger partial charge on any atom is 0.276 e. The van der Waals surface area contributed by atoms with E-state index in [0.717, 1.165) is 0 Å². The summed E-state index contributed by atoms with van der Waals surface area (Å²) in [6.45, 7) is 3.55. The van der Waals surface area contributed by atoms with Crippen LogP contribution in [0.2, 0.25) is 0 Å². The van der Waals surface area contributed by atoms with Crippen LogP contribution in [-0.4, -0.2) is 38.4 Å². The van der Waals surface area contributed by atoms with Crippen LogP contribution in [0.4, 0.5) is 0 Å². The maximum absolute atomic E-state index is 10.8. The van der Waals surface area contributed by atoms with Gasteiger partial charge in [-0.1, -0.05) is 0 Å². The van der Waals surface area contributed by atoms with E-state index >= 15 is 0 Å². The Balaban J connectivity index is 0.00000121. The predicted molar refractivity (Wildman–Crippen MR) is 49.4 cm³/mol. The molecule has 1 atom stereocenters. The summed E-state index contributed by atoms with van der Waals surface area (Å²) >= 11 is 0. The highest BCUT2D eigenvalue weighted by Gasteiger charge is 2.22. The maximum atomic E-state index is 10.8. The van der Waals surface area contributed by atoms with Gasteiger partial charge < -0.3 is 5.32 Å². The number of piperazine rings is 1. The zero-order chi connectivity index (χ0) is 8.48. The molecule has 0 aromatic heterocycles. The Morgan fingerprint density at radius 2 is 2.17 bits per heavy atom. The minimum atomic E-state index is -3.47. The van der Waals surface area contributed by atoms with Gasteiger partial charge in [0.05, 0.1) is 0 Å². The summed E-state index contributed by atoms with van der Waals surface area (Å²) in [5.74, 6) is 0. The van der Waals surface area contributed by atoms with Crippen molar-refractivity contribution in [3.05, 3.63) is 0 Å². The molecule has 1 aliphatic rings. The van der Waals surface area contributed by atoms with Crippen molar-refractivity contribution < 1.29 is 8.42 Å². The van der Waals surface area contributed by atoms with E-state index in [9.17, 15) is 8.42 Å². The van der Waals surface area contributed by atoms with Gasteiger partial charge in [0, 0.05) is 25.7 Å². The van der Waals surface area contributed by atoms with Crippen molar-refractivity contribution >= 4 is 22.6 Å². The summed E-state index contributed by atoms with van der Waals surface area (Å²) < 4.78 is 22.9. The van der Waals surface area contributed by atoms with Gasteiger partial charge in [0.1, 0.15) is 0 Å². The van der Waals surface area contributed by atoms with Crippen molar-refractivity contribution in [2.24, 2.45) is 5.14 Å². The number of nitrogens with two attached hydrogens (primary N) is 1. The van der Waals surface area contributed by atoms with E-state index in [2.05, 4.69) is 5.32 Å². The molecule has 0 amide bonds. The van der Waals surface area contributed by atoms with Crippen molar-refractivity contribution in [2.75, 3.05) is 19.6 Å². The van der Waals surface area contributed by atoms with Crippen LogP contribution in [0.1, 0.15) is 6.92 Å². The Labute approximate surface area is 78.9 Å². The second-order valence-electron chi connectivity index (χ2n) is 2.76. The predicted octanol–water partition coefficient (Wildman–Crippen LogP) is -1.09. The third-order valence-electron chi connectivity index (χ3n) is 1.69. The van der Waals surface area contributed by atoms with Crippen LogP contribution in [-0.2, 0) is 10.2 Å². The highest BCUT2D eigenvalue weighted by atomic mass is 35.5. The number of rotatable bonds is 1. The molecular weight excluding hydrogens is 202 g/mol. The van der Waals surface area contributed by atoms with E-state index in [1.54, 1.807) is 0 Å². The largest absolute Gasteiger partial charge is 0.312 e. The molecule has 12 heavy (non-hydrogen) atoms. The molecule has 1 saturated heterocycles. The van der Waals surface area contributed by atoms with Gasteiger partial charge in [-0.3, -0.25) is 0 Å². The molecule has 1 rings (SSSR count). The molecule has 0 aromatic carbocycles.